The maximum atomic E-state index is 12.3. The fourth-order valence-corrected chi connectivity index (χ4v) is 2.79. The molecule has 0 aliphatic rings. The van der Waals surface area contributed by atoms with E-state index in [9.17, 15) is 14.7 Å². The Labute approximate surface area is 170 Å². The van der Waals surface area contributed by atoms with Gasteiger partial charge < -0.3 is 9.84 Å². The highest BCUT2D eigenvalue weighted by Crippen LogP contribution is 2.31. The molecule has 0 radical (unpaired) electrons. The third-order valence-corrected chi connectivity index (χ3v) is 4.28. The summed E-state index contributed by atoms with van der Waals surface area (Å²) in [5, 5.41) is 21.3. The Morgan fingerprint density at radius 3 is 2.59 bits per heavy atom. The molecule has 0 aliphatic heterocycles. The van der Waals surface area contributed by atoms with Crippen molar-refractivity contribution in [2.24, 2.45) is 0 Å². The molecule has 2 amide bonds. The third-order valence-electron chi connectivity index (χ3n) is 3.61. The molecule has 0 bridgehead atoms. The normalized spacial score (nSPS) is 11.8. The van der Waals surface area contributed by atoms with Gasteiger partial charge in [-0.3, -0.25) is 15.3 Å². The van der Waals surface area contributed by atoms with Crippen molar-refractivity contribution in [2.75, 3.05) is 5.32 Å². The number of hydrogen-bond acceptors (Lipinski definition) is 5. The van der Waals surface area contributed by atoms with Gasteiger partial charge in [0.05, 0.1) is 0 Å². The predicted octanol–water partition coefficient (Wildman–Crippen LogP) is 4.05. The third kappa shape index (κ3) is 6.57. The van der Waals surface area contributed by atoms with E-state index < -0.39 is 18.1 Å². The second kappa shape index (κ2) is 9.93. The lowest BCUT2D eigenvalue weighted by Gasteiger charge is -2.19. The van der Waals surface area contributed by atoms with Gasteiger partial charge in [0.1, 0.15) is 11.9 Å². The molecule has 0 aliphatic carbocycles. The molecule has 1 atom stereocenters. The van der Waals surface area contributed by atoms with Crippen LogP contribution in [0.2, 0.25) is 0 Å². The van der Waals surface area contributed by atoms with Crippen molar-refractivity contribution in [2.45, 2.75) is 19.4 Å². The molecule has 2 aromatic rings. The minimum atomic E-state index is -0.826. The zero-order chi connectivity index (χ0) is 19.8. The van der Waals surface area contributed by atoms with Crippen LogP contribution < -0.4 is 10.8 Å². The van der Waals surface area contributed by atoms with Gasteiger partial charge >= 0.3 is 6.09 Å². The van der Waals surface area contributed by atoms with Gasteiger partial charge in [0.2, 0.25) is 0 Å². The molecular weight excluding hydrogens is 463 g/mol. The number of hydroxylamine groups is 1. The van der Waals surface area contributed by atoms with Crippen LogP contribution in [0.5, 0.6) is 5.75 Å². The van der Waals surface area contributed by atoms with E-state index in [2.05, 4.69) is 27.9 Å². The number of aryl methyl sites for hydroxylation is 1. The van der Waals surface area contributed by atoms with Crippen LogP contribution in [0.4, 0.5) is 10.5 Å². The smallest absolute Gasteiger partial charge is 0.412 e. The summed E-state index contributed by atoms with van der Waals surface area (Å²) in [6, 6.07) is 12.1. The van der Waals surface area contributed by atoms with Crippen LogP contribution in [0.25, 0.3) is 0 Å². The number of benzene rings is 2. The van der Waals surface area contributed by atoms with Crippen molar-refractivity contribution < 1.29 is 24.6 Å². The number of aromatic hydroxyl groups is 1. The highest BCUT2D eigenvalue weighted by molar-refractivity contribution is 14.1. The number of phenols is 1. The fourth-order valence-electron chi connectivity index (χ4n) is 2.27. The molecule has 142 valence electrons. The van der Waals surface area contributed by atoms with Crippen molar-refractivity contribution >= 4 is 40.3 Å². The summed E-state index contributed by atoms with van der Waals surface area (Å²) in [6.07, 6.45) is 1.16. The first-order valence-corrected chi connectivity index (χ1v) is 9.10. The molecule has 0 fully saturated rings. The lowest BCUT2D eigenvalue weighted by atomic mass is 10.0. The van der Waals surface area contributed by atoms with E-state index in [0.29, 0.717) is 11.3 Å². The molecule has 4 N–H and O–H groups in total. The van der Waals surface area contributed by atoms with Crippen LogP contribution in [0.1, 0.15) is 23.7 Å². The van der Waals surface area contributed by atoms with E-state index in [-0.39, 0.29) is 12.2 Å². The van der Waals surface area contributed by atoms with Gasteiger partial charge in [-0.05, 0) is 59.8 Å². The van der Waals surface area contributed by atoms with E-state index in [0.717, 1.165) is 15.2 Å². The van der Waals surface area contributed by atoms with Gasteiger partial charge in [0, 0.05) is 27.3 Å². The Morgan fingerprint density at radius 1 is 1.22 bits per heavy atom. The maximum Gasteiger partial charge on any atom is 0.412 e. The molecule has 27 heavy (non-hydrogen) atoms. The van der Waals surface area contributed by atoms with E-state index in [1.165, 1.54) is 17.6 Å². The summed E-state index contributed by atoms with van der Waals surface area (Å²) in [4.78, 5) is 23.4. The standard InChI is InChI=1S/C19H19IN2O5/c1-12-5-8-14(9-6-12)21-19(25)27-17(3-2-4-18(24)22-26)15-11-13(20)7-10-16(15)23/h2,4-11,17,23,26H,3H2,1H3,(H,21,25)(H,22,24)/b4-2+/t17-/m1/s1. The highest BCUT2D eigenvalue weighted by Gasteiger charge is 2.20. The number of carbonyl (C=O) groups is 2. The predicted molar refractivity (Wildman–Crippen MR) is 109 cm³/mol. The summed E-state index contributed by atoms with van der Waals surface area (Å²) < 4.78 is 6.32. The molecule has 0 aromatic heterocycles. The fraction of sp³-hybridized carbons (Fsp3) is 0.158. The SMILES string of the molecule is Cc1ccc(NC(=O)O[C@H](C/C=C/C(=O)NO)c2cc(I)ccc2O)cc1. The Hall–Kier alpha value is -2.59. The van der Waals surface area contributed by atoms with Gasteiger partial charge in [-0.25, -0.2) is 10.3 Å². The van der Waals surface area contributed by atoms with E-state index in [4.69, 9.17) is 9.94 Å². The number of phenolic OH excluding ortho intramolecular Hbond substituents is 1. The molecular formula is C19H19IN2O5. The lowest BCUT2D eigenvalue weighted by Crippen LogP contribution is -2.18. The summed E-state index contributed by atoms with van der Waals surface area (Å²) in [6.45, 7) is 1.94. The zero-order valence-corrected chi connectivity index (χ0v) is 16.6. The van der Waals surface area contributed by atoms with Gasteiger partial charge in [-0.15, -0.1) is 0 Å². The van der Waals surface area contributed by atoms with Gasteiger partial charge in [0.15, 0.2) is 0 Å². The largest absolute Gasteiger partial charge is 0.508 e. The van der Waals surface area contributed by atoms with Gasteiger partial charge in [-0.1, -0.05) is 23.8 Å². The average molecular weight is 482 g/mol. The van der Waals surface area contributed by atoms with Gasteiger partial charge in [-0.2, -0.15) is 0 Å². The minimum absolute atomic E-state index is 0.0245. The Kier molecular flexibility index (Phi) is 7.62. The van der Waals surface area contributed by atoms with Crippen LogP contribution in [-0.4, -0.2) is 22.3 Å². The van der Waals surface area contributed by atoms with Crippen molar-refractivity contribution in [1.82, 2.24) is 5.48 Å². The zero-order valence-electron chi connectivity index (χ0n) is 14.5. The van der Waals surface area contributed by atoms with E-state index in [1.807, 2.05) is 19.1 Å². The molecule has 0 saturated heterocycles. The van der Waals surface area contributed by atoms with Crippen LogP contribution in [0, 0.1) is 10.5 Å². The van der Waals surface area contributed by atoms with E-state index >= 15 is 0 Å². The molecule has 8 heteroatoms. The van der Waals surface area contributed by atoms with Crippen molar-refractivity contribution in [3.05, 3.63) is 69.3 Å². The number of halogens is 1. The average Bonchev–Trinajstić information content (AvgIpc) is 2.64. The van der Waals surface area contributed by atoms with Crippen LogP contribution in [0.3, 0.4) is 0 Å². The quantitative estimate of drug-likeness (QED) is 0.215. The summed E-state index contributed by atoms with van der Waals surface area (Å²) in [7, 11) is 0. The molecule has 2 rings (SSSR count). The Balaban J connectivity index is 2.16. The minimum Gasteiger partial charge on any atom is -0.508 e. The first kappa shape index (κ1) is 20.7. The van der Waals surface area contributed by atoms with Crippen molar-refractivity contribution in [3.63, 3.8) is 0 Å². The van der Waals surface area contributed by atoms with E-state index in [1.54, 1.807) is 24.3 Å². The van der Waals surface area contributed by atoms with Crippen molar-refractivity contribution in [3.8, 4) is 5.75 Å². The number of rotatable bonds is 6. The Morgan fingerprint density at radius 2 is 1.93 bits per heavy atom. The molecule has 0 unspecified atom stereocenters. The molecule has 0 saturated carbocycles. The highest BCUT2D eigenvalue weighted by atomic mass is 127. The molecule has 0 spiro atoms. The number of ether oxygens (including phenoxy) is 1. The van der Waals surface area contributed by atoms with Gasteiger partial charge in [0.25, 0.3) is 5.91 Å². The molecule has 7 nitrogen and oxygen atoms in total. The van der Waals surface area contributed by atoms with Crippen LogP contribution in [-0.2, 0) is 9.53 Å². The summed E-state index contributed by atoms with van der Waals surface area (Å²) in [5.41, 5.74) is 3.53. The Bertz CT molecular complexity index is 836. The monoisotopic (exact) mass is 482 g/mol. The summed E-state index contributed by atoms with van der Waals surface area (Å²) in [5.74, 6) is -0.728. The number of anilines is 1. The topological polar surface area (TPSA) is 108 Å². The first-order chi connectivity index (χ1) is 12.9. The lowest BCUT2D eigenvalue weighted by molar-refractivity contribution is -0.124. The number of nitrogens with one attached hydrogen (secondary N) is 2. The first-order valence-electron chi connectivity index (χ1n) is 8.02. The van der Waals surface area contributed by atoms with Crippen LogP contribution in [0.15, 0.2) is 54.6 Å². The molecule has 2 aromatic carbocycles. The second-order valence-corrected chi connectivity index (χ2v) is 6.95. The van der Waals surface area contributed by atoms with Crippen molar-refractivity contribution in [1.29, 1.82) is 0 Å². The number of carbonyl (C=O) groups excluding carboxylic acids is 2. The molecule has 0 heterocycles. The number of amides is 2. The van der Waals surface area contributed by atoms with Crippen LogP contribution >= 0.6 is 22.6 Å². The number of hydrogen-bond donors (Lipinski definition) is 4. The summed E-state index contributed by atoms with van der Waals surface area (Å²) >= 11 is 2.08. The maximum absolute atomic E-state index is 12.3. The second-order valence-electron chi connectivity index (χ2n) is 5.70.